The fourth-order valence-corrected chi connectivity index (χ4v) is 4.32. The standard InChI is InChI=1S/C26H25ClFNO3/c1-25(2,3)20-10-8-17(13-22(20)28)26(4)15-32-29(23-11-9-18(27)14-21(23)26)19-7-5-6-16(12-19)24(30)31/h5-14H,15H2,1-4H3,(H,30,31). The van der Waals surface area contributed by atoms with Gasteiger partial charge in [-0.25, -0.2) is 14.2 Å². The summed E-state index contributed by atoms with van der Waals surface area (Å²) < 4.78 is 15.1. The largest absolute Gasteiger partial charge is 0.478 e. The second-order valence-corrected chi connectivity index (χ2v) is 9.80. The van der Waals surface area contributed by atoms with E-state index in [1.807, 2.05) is 52.0 Å². The zero-order valence-electron chi connectivity index (χ0n) is 18.4. The number of anilines is 2. The zero-order valence-corrected chi connectivity index (χ0v) is 19.2. The topological polar surface area (TPSA) is 49.8 Å². The van der Waals surface area contributed by atoms with E-state index in [-0.39, 0.29) is 23.4 Å². The molecule has 3 aromatic carbocycles. The maximum absolute atomic E-state index is 15.1. The number of fused-ring (bicyclic) bond motifs is 1. The summed E-state index contributed by atoms with van der Waals surface area (Å²) >= 11 is 6.36. The highest BCUT2D eigenvalue weighted by Gasteiger charge is 2.39. The molecule has 0 aromatic heterocycles. The number of benzene rings is 3. The normalized spacial score (nSPS) is 18.4. The van der Waals surface area contributed by atoms with E-state index in [0.717, 1.165) is 16.8 Å². The lowest BCUT2D eigenvalue weighted by Crippen LogP contribution is -2.40. The number of carboxylic acid groups (broad SMARTS) is 1. The van der Waals surface area contributed by atoms with Gasteiger partial charge in [0, 0.05) is 10.4 Å². The Morgan fingerprint density at radius 3 is 2.53 bits per heavy atom. The van der Waals surface area contributed by atoms with Gasteiger partial charge in [0.05, 0.1) is 23.5 Å². The molecule has 4 nitrogen and oxygen atoms in total. The van der Waals surface area contributed by atoms with E-state index in [9.17, 15) is 9.90 Å². The second-order valence-electron chi connectivity index (χ2n) is 9.36. The fourth-order valence-electron chi connectivity index (χ4n) is 4.15. The summed E-state index contributed by atoms with van der Waals surface area (Å²) in [6.07, 6.45) is 0. The maximum atomic E-state index is 15.1. The van der Waals surface area contributed by atoms with E-state index in [2.05, 4.69) is 0 Å². The molecule has 0 aliphatic carbocycles. The third-order valence-corrected chi connectivity index (χ3v) is 6.23. The van der Waals surface area contributed by atoms with Crippen molar-refractivity contribution in [1.29, 1.82) is 0 Å². The first-order valence-corrected chi connectivity index (χ1v) is 10.8. The van der Waals surface area contributed by atoms with Gasteiger partial charge in [-0.15, -0.1) is 0 Å². The number of rotatable bonds is 3. The van der Waals surface area contributed by atoms with Crippen molar-refractivity contribution in [3.05, 3.63) is 93.8 Å². The highest BCUT2D eigenvalue weighted by molar-refractivity contribution is 6.30. The van der Waals surface area contributed by atoms with Crippen LogP contribution in [-0.2, 0) is 15.7 Å². The third-order valence-electron chi connectivity index (χ3n) is 6.00. The minimum atomic E-state index is -1.01. The van der Waals surface area contributed by atoms with Gasteiger partial charge in [0.25, 0.3) is 0 Å². The number of carbonyl (C=O) groups is 1. The highest BCUT2D eigenvalue weighted by Crippen LogP contribution is 2.46. The monoisotopic (exact) mass is 453 g/mol. The predicted octanol–water partition coefficient (Wildman–Crippen LogP) is 6.86. The lowest BCUT2D eigenvalue weighted by Gasteiger charge is -2.42. The van der Waals surface area contributed by atoms with Crippen molar-refractivity contribution < 1.29 is 19.1 Å². The molecular weight excluding hydrogens is 429 g/mol. The van der Waals surface area contributed by atoms with Crippen molar-refractivity contribution in [3.8, 4) is 0 Å². The molecule has 0 saturated carbocycles. The first-order chi connectivity index (χ1) is 15.0. The van der Waals surface area contributed by atoms with Crippen molar-refractivity contribution in [2.24, 2.45) is 0 Å². The Morgan fingerprint density at radius 2 is 1.88 bits per heavy atom. The van der Waals surface area contributed by atoms with Crippen LogP contribution in [0.3, 0.4) is 0 Å². The molecule has 1 atom stereocenters. The average molecular weight is 454 g/mol. The predicted molar refractivity (Wildman–Crippen MR) is 124 cm³/mol. The number of aromatic carboxylic acids is 1. The molecule has 0 amide bonds. The fraction of sp³-hybridized carbons (Fsp3) is 0.269. The van der Waals surface area contributed by atoms with E-state index in [1.165, 1.54) is 6.07 Å². The van der Waals surface area contributed by atoms with Crippen molar-refractivity contribution in [2.45, 2.75) is 38.5 Å². The van der Waals surface area contributed by atoms with Gasteiger partial charge >= 0.3 is 5.97 Å². The minimum absolute atomic E-state index is 0.162. The molecule has 1 N–H and O–H groups in total. The Hall–Kier alpha value is -2.89. The molecule has 0 radical (unpaired) electrons. The first kappa shape index (κ1) is 22.3. The summed E-state index contributed by atoms with van der Waals surface area (Å²) in [5.41, 5.74) is 2.83. The second kappa shape index (κ2) is 7.91. The number of hydrogen-bond donors (Lipinski definition) is 1. The van der Waals surface area contributed by atoms with Crippen LogP contribution < -0.4 is 5.06 Å². The van der Waals surface area contributed by atoms with Crippen LogP contribution in [0.4, 0.5) is 15.8 Å². The van der Waals surface area contributed by atoms with E-state index in [0.29, 0.717) is 16.3 Å². The highest BCUT2D eigenvalue weighted by atomic mass is 35.5. The SMILES string of the molecule is CC(C)(C)c1ccc(C2(C)CON(c3cccc(C(=O)O)c3)c3ccc(Cl)cc32)cc1F. The first-order valence-electron chi connectivity index (χ1n) is 10.4. The zero-order chi connectivity index (χ0) is 23.3. The molecule has 1 unspecified atom stereocenters. The number of nitrogens with zero attached hydrogens (tertiary/aromatic N) is 1. The minimum Gasteiger partial charge on any atom is -0.478 e. The van der Waals surface area contributed by atoms with Crippen molar-refractivity contribution in [3.63, 3.8) is 0 Å². The summed E-state index contributed by atoms with van der Waals surface area (Å²) in [5, 5.41) is 11.5. The smallest absolute Gasteiger partial charge is 0.335 e. The van der Waals surface area contributed by atoms with Gasteiger partial charge in [0.1, 0.15) is 5.82 Å². The molecule has 32 heavy (non-hydrogen) atoms. The molecule has 6 heteroatoms. The Morgan fingerprint density at radius 1 is 1.12 bits per heavy atom. The molecule has 0 bridgehead atoms. The van der Waals surface area contributed by atoms with Crippen LogP contribution in [0, 0.1) is 5.82 Å². The van der Waals surface area contributed by atoms with Crippen LogP contribution >= 0.6 is 11.6 Å². The molecule has 1 aliphatic heterocycles. The summed E-state index contributed by atoms with van der Waals surface area (Å²) in [7, 11) is 0. The number of hydrogen-bond acceptors (Lipinski definition) is 3. The maximum Gasteiger partial charge on any atom is 0.335 e. The lowest BCUT2D eigenvalue weighted by atomic mass is 9.74. The molecule has 166 valence electrons. The van der Waals surface area contributed by atoms with Gasteiger partial charge in [-0.1, -0.05) is 50.6 Å². The summed E-state index contributed by atoms with van der Waals surface area (Å²) in [5.74, 6) is -1.27. The molecular formula is C26H25ClFNO3. The van der Waals surface area contributed by atoms with Crippen molar-refractivity contribution >= 4 is 28.9 Å². The molecule has 0 saturated heterocycles. The molecule has 1 aliphatic rings. The van der Waals surface area contributed by atoms with Crippen LogP contribution in [0.1, 0.15) is 54.7 Å². The molecule has 0 spiro atoms. The Labute approximate surface area is 192 Å². The van der Waals surface area contributed by atoms with Crippen molar-refractivity contribution in [2.75, 3.05) is 11.7 Å². The average Bonchev–Trinajstić information content (AvgIpc) is 2.73. The molecule has 1 heterocycles. The van der Waals surface area contributed by atoms with Crippen LogP contribution in [0.15, 0.2) is 60.7 Å². The number of halogens is 2. The molecule has 4 rings (SSSR count). The summed E-state index contributed by atoms with van der Waals surface area (Å²) in [6, 6.07) is 17.4. The lowest BCUT2D eigenvalue weighted by molar-refractivity contribution is 0.0696. The van der Waals surface area contributed by atoms with Crippen LogP contribution in [-0.4, -0.2) is 17.7 Å². The van der Waals surface area contributed by atoms with Gasteiger partial charge < -0.3 is 5.11 Å². The Balaban J connectivity index is 1.83. The van der Waals surface area contributed by atoms with Crippen LogP contribution in [0.5, 0.6) is 0 Å². The van der Waals surface area contributed by atoms with Gasteiger partial charge in [-0.2, -0.15) is 0 Å². The Bertz CT molecular complexity index is 1200. The van der Waals surface area contributed by atoms with Crippen LogP contribution in [0.2, 0.25) is 5.02 Å². The molecule has 3 aromatic rings. The summed E-state index contributed by atoms with van der Waals surface area (Å²) in [4.78, 5) is 17.6. The van der Waals surface area contributed by atoms with Crippen molar-refractivity contribution in [1.82, 2.24) is 0 Å². The van der Waals surface area contributed by atoms with Gasteiger partial charge in [-0.3, -0.25) is 4.84 Å². The van der Waals surface area contributed by atoms with Gasteiger partial charge in [-0.05, 0) is 71.5 Å². The summed E-state index contributed by atoms with van der Waals surface area (Å²) in [6.45, 7) is 8.17. The quantitative estimate of drug-likeness (QED) is 0.470. The third kappa shape index (κ3) is 3.87. The van der Waals surface area contributed by atoms with E-state index < -0.39 is 11.4 Å². The van der Waals surface area contributed by atoms with E-state index >= 15 is 4.39 Å². The van der Waals surface area contributed by atoms with E-state index in [4.69, 9.17) is 16.4 Å². The van der Waals surface area contributed by atoms with E-state index in [1.54, 1.807) is 35.4 Å². The number of carboxylic acids is 1. The van der Waals surface area contributed by atoms with Gasteiger partial charge in [0.15, 0.2) is 0 Å². The Kier molecular flexibility index (Phi) is 5.51. The van der Waals surface area contributed by atoms with Crippen LogP contribution in [0.25, 0.3) is 0 Å². The molecule has 0 fully saturated rings. The van der Waals surface area contributed by atoms with Gasteiger partial charge in [0.2, 0.25) is 0 Å².